The number of hydrogen-bond donors (Lipinski definition) is 0. The van der Waals surface area contributed by atoms with Crippen LogP contribution in [-0.4, -0.2) is 4.57 Å². The number of aromatic nitrogens is 1. The first-order valence-electron chi connectivity index (χ1n) is 7.27. The minimum absolute atomic E-state index is 1.10. The van der Waals surface area contributed by atoms with Gasteiger partial charge in [0.1, 0.15) is 0 Å². The van der Waals surface area contributed by atoms with E-state index >= 15 is 0 Å². The Balaban J connectivity index is 2.99. The third kappa shape index (κ3) is 2.52. The Kier molecular flexibility index (Phi) is 4.32. The average Bonchev–Trinajstić information content (AvgIpc) is 2.71. The smallest absolute Gasteiger partial charge is 0.0537 e. The van der Waals surface area contributed by atoms with Crippen molar-refractivity contribution in [2.75, 3.05) is 0 Å². The molecule has 0 radical (unpaired) electrons. The fourth-order valence-corrected chi connectivity index (χ4v) is 2.83. The summed E-state index contributed by atoms with van der Waals surface area (Å²) in [6.45, 7) is 16.3. The molecule has 108 valence electrons. The van der Waals surface area contributed by atoms with Crippen LogP contribution in [0.3, 0.4) is 0 Å². The number of benzene rings is 1. The Hall–Kier alpha value is -2.28. The molecule has 1 nitrogen and oxygen atoms in total. The van der Waals surface area contributed by atoms with Gasteiger partial charge in [-0.3, -0.25) is 0 Å². The number of aryl methyl sites for hydroxylation is 1. The van der Waals surface area contributed by atoms with Crippen LogP contribution in [0.2, 0.25) is 0 Å². The van der Waals surface area contributed by atoms with Gasteiger partial charge in [0, 0.05) is 17.1 Å². The number of hydrogen-bond acceptors (Lipinski definition) is 0. The molecule has 0 spiro atoms. The van der Waals surface area contributed by atoms with E-state index < -0.39 is 0 Å². The minimum atomic E-state index is 1.10. The van der Waals surface area contributed by atoms with Crippen molar-refractivity contribution in [3.63, 3.8) is 0 Å². The van der Waals surface area contributed by atoms with Crippen LogP contribution in [0.4, 0.5) is 0 Å². The van der Waals surface area contributed by atoms with Gasteiger partial charge in [0.25, 0.3) is 0 Å². The third-order valence-electron chi connectivity index (χ3n) is 3.73. The molecule has 0 bridgehead atoms. The van der Waals surface area contributed by atoms with E-state index in [1.807, 2.05) is 20.0 Å². The first-order valence-corrected chi connectivity index (χ1v) is 7.27. The maximum atomic E-state index is 4.10. The fourth-order valence-electron chi connectivity index (χ4n) is 2.83. The number of fused-ring (bicyclic) bond motifs is 1. The highest BCUT2D eigenvalue weighted by Gasteiger charge is 2.14. The van der Waals surface area contributed by atoms with Crippen molar-refractivity contribution in [2.45, 2.75) is 27.7 Å². The second kappa shape index (κ2) is 6.01. The van der Waals surface area contributed by atoms with E-state index in [-0.39, 0.29) is 0 Å². The Labute approximate surface area is 127 Å². The second-order valence-corrected chi connectivity index (χ2v) is 5.32. The maximum Gasteiger partial charge on any atom is 0.0537 e. The van der Waals surface area contributed by atoms with Gasteiger partial charge in [0.15, 0.2) is 0 Å². The molecule has 0 unspecified atom stereocenters. The van der Waals surface area contributed by atoms with Crippen molar-refractivity contribution in [3.8, 4) is 0 Å². The van der Waals surface area contributed by atoms with Crippen molar-refractivity contribution in [1.82, 2.24) is 4.57 Å². The van der Waals surface area contributed by atoms with E-state index in [0.717, 1.165) is 5.57 Å². The summed E-state index contributed by atoms with van der Waals surface area (Å²) in [5.41, 5.74) is 7.15. The van der Waals surface area contributed by atoms with Crippen LogP contribution in [0.25, 0.3) is 34.8 Å². The molecule has 1 heterocycles. The Morgan fingerprint density at radius 1 is 1.14 bits per heavy atom. The molecule has 0 N–H and O–H groups in total. The van der Waals surface area contributed by atoms with Crippen LogP contribution in [0.1, 0.15) is 43.2 Å². The molecule has 0 aliphatic heterocycles. The predicted octanol–water partition coefficient (Wildman–Crippen LogP) is 6.15. The lowest BCUT2D eigenvalue weighted by molar-refractivity contribution is 1.20. The molecule has 21 heavy (non-hydrogen) atoms. The summed E-state index contributed by atoms with van der Waals surface area (Å²) in [6, 6.07) is 4.47. The Morgan fingerprint density at radius 2 is 1.81 bits per heavy atom. The van der Waals surface area contributed by atoms with E-state index in [1.54, 1.807) is 0 Å². The van der Waals surface area contributed by atoms with Gasteiger partial charge < -0.3 is 4.57 Å². The lowest BCUT2D eigenvalue weighted by Gasteiger charge is -2.07. The lowest BCUT2D eigenvalue weighted by atomic mass is 9.99. The van der Waals surface area contributed by atoms with Crippen LogP contribution in [0, 0.1) is 6.92 Å². The van der Waals surface area contributed by atoms with Crippen molar-refractivity contribution in [3.05, 3.63) is 59.8 Å². The van der Waals surface area contributed by atoms with Gasteiger partial charge >= 0.3 is 0 Å². The molecular formula is C20H23N. The van der Waals surface area contributed by atoms with Crippen LogP contribution >= 0.6 is 0 Å². The molecule has 0 saturated heterocycles. The van der Waals surface area contributed by atoms with Crippen LogP contribution < -0.4 is 0 Å². The highest BCUT2D eigenvalue weighted by molar-refractivity contribution is 5.97. The highest BCUT2D eigenvalue weighted by atomic mass is 15.0. The lowest BCUT2D eigenvalue weighted by Crippen LogP contribution is -1.90. The van der Waals surface area contributed by atoms with Crippen molar-refractivity contribution in [1.29, 1.82) is 0 Å². The van der Waals surface area contributed by atoms with E-state index in [2.05, 4.69) is 68.0 Å². The van der Waals surface area contributed by atoms with Gasteiger partial charge in [-0.05, 0) is 57.0 Å². The molecule has 0 aliphatic rings. The molecule has 2 rings (SSSR count). The largest absolute Gasteiger partial charge is 0.317 e. The van der Waals surface area contributed by atoms with Crippen molar-refractivity contribution in [2.24, 2.45) is 0 Å². The van der Waals surface area contributed by atoms with Crippen LogP contribution in [0.5, 0.6) is 0 Å². The summed E-state index contributed by atoms with van der Waals surface area (Å²) in [4.78, 5) is 0. The fraction of sp³-hybridized carbons (Fsp3) is 0.200. The van der Waals surface area contributed by atoms with Gasteiger partial charge in [0.05, 0.1) is 11.2 Å². The summed E-state index contributed by atoms with van der Waals surface area (Å²) < 4.78 is 2.15. The number of nitrogens with zero attached hydrogens (tertiary/aromatic N) is 1. The van der Waals surface area contributed by atoms with E-state index in [9.17, 15) is 0 Å². The first-order chi connectivity index (χ1) is 10.0. The van der Waals surface area contributed by atoms with Crippen molar-refractivity contribution < 1.29 is 0 Å². The van der Waals surface area contributed by atoms with Gasteiger partial charge in [0.2, 0.25) is 0 Å². The molecule has 0 aliphatic carbocycles. The minimum Gasteiger partial charge on any atom is -0.317 e. The van der Waals surface area contributed by atoms with Crippen molar-refractivity contribution >= 4 is 34.8 Å². The SMILES string of the molecule is C=Cn1c(/C=C\C)c(/C=C\C)c2cc(C(=C)C)c(C)cc21. The van der Waals surface area contributed by atoms with Gasteiger partial charge in [-0.1, -0.05) is 37.0 Å². The Bertz CT molecular complexity index is 767. The Morgan fingerprint density at radius 3 is 2.33 bits per heavy atom. The number of rotatable bonds is 4. The topological polar surface area (TPSA) is 4.93 Å². The molecule has 1 aromatic heterocycles. The van der Waals surface area contributed by atoms with Crippen LogP contribution in [-0.2, 0) is 0 Å². The van der Waals surface area contributed by atoms with Gasteiger partial charge in [-0.2, -0.15) is 0 Å². The van der Waals surface area contributed by atoms with Gasteiger partial charge in [-0.15, -0.1) is 0 Å². The van der Waals surface area contributed by atoms with E-state index in [1.165, 1.54) is 33.3 Å². The zero-order chi connectivity index (χ0) is 15.6. The molecule has 0 saturated carbocycles. The number of allylic oxidation sites excluding steroid dienone is 3. The maximum absolute atomic E-state index is 4.10. The summed E-state index contributed by atoms with van der Waals surface area (Å²) in [7, 11) is 0. The monoisotopic (exact) mass is 277 g/mol. The van der Waals surface area contributed by atoms with E-state index in [4.69, 9.17) is 0 Å². The zero-order valence-electron chi connectivity index (χ0n) is 13.4. The molecular weight excluding hydrogens is 254 g/mol. The molecule has 0 amide bonds. The predicted molar refractivity (Wildman–Crippen MR) is 97.2 cm³/mol. The summed E-state index contributed by atoms with van der Waals surface area (Å²) in [5.74, 6) is 0. The quantitative estimate of drug-likeness (QED) is 0.631. The third-order valence-corrected chi connectivity index (χ3v) is 3.73. The average molecular weight is 277 g/mol. The summed E-state index contributed by atoms with van der Waals surface area (Å²) in [5, 5.41) is 1.24. The highest BCUT2D eigenvalue weighted by Crippen LogP contribution is 2.33. The van der Waals surface area contributed by atoms with Gasteiger partial charge in [-0.25, -0.2) is 0 Å². The van der Waals surface area contributed by atoms with Crippen LogP contribution in [0.15, 0.2) is 37.4 Å². The molecule has 1 heteroatoms. The standard InChI is InChI=1S/C20H23N/c1-7-10-16-18-13-17(14(4)5)15(6)12-20(18)21(9-3)19(16)11-8-2/h7-13H,3-4H2,1-2,5-6H3/b10-7-,11-8-. The molecule has 1 aromatic carbocycles. The normalized spacial score (nSPS) is 11.8. The summed E-state index contributed by atoms with van der Waals surface area (Å²) in [6.07, 6.45) is 10.3. The second-order valence-electron chi connectivity index (χ2n) is 5.32. The first kappa shape index (κ1) is 15.1. The summed E-state index contributed by atoms with van der Waals surface area (Å²) >= 11 is 0. The zero-order valence-corrected chi connectivity index (χ0v) is 13.4. The molecule has 0 atom stereocenters. The molecule has 2 aromatic rings. The van der Waals surface area contributed by atoms with E-state index in [0.29, 0.717) is 0 Å². The molecule has 0 fully saturated rings.